The van der Waals surface area contributed by atoms with Crippen LogP contribution in [0.5, 0.6) is 5.75 Å². The van der Waals surface area contributed by atoms with Crippen molar-refractivity contribution in [3.8, 4) is 5.75 Å². The van der Waals surface area contributed by atoms with Gasteiger partial charge in [-0.15, -0.1) is 0 Å². The topological polar surface area (TPSA) is 9.23 Å². The summed E-state index contributed by atoms with van der Waals surface area (Å²) < 4.78 is 92.8. The van der Waals surface area contributed by atoms with Crippen LogP contribution >= 0.6 is 11.6 Å². The van der Waals surface area contributed by atoms with E-state index in [1.807, 2.05) is 0 Å². The number of alkyl halides is 7. The van der Waals surface area contributed by atoms with E-state index in [4.69, 9.17) is 11.6 Å². The molecule has 0 saturated heterocycles. The van der Waals surface area contributed by atoms with Crippen LogP contribution in [0.15, 0.2) is 18.2 Å². The molecule has 108 valence electrons. The maximum Gasteiger partial charge on any atom is 0.460 e. The number of hydrogen-bond donors (Lipinski definition) is 0. The third-order valence-corrected chi connectivity index (χ3v) is 2.44. The van der Waals surface area contributed by atoms with Crippen LogP contribution < -0.4 is 4.74 Å². The predicted molar refractivity (Wildman–Crippen MR) is 52.9 cm³/mol. The molecular weight excluding hydrogens is 305 g/mol. The summed E-state index contributed by atoms with van der Waals surface area (Å²) in [5, 5.41) is -0.452. The second kappa shape index (κ2) is 4.73. The third kappa shape index (κ3) is 2.72. The summed E-state index contributed by atoms with van der Waals surface area (Å²) in [4.78, 5) is 0. The van der Waals surface area contributed by atoms with Crippen molar-refractivity contribution in [2.45, 2.75) is 18.0 Å². The van der Waals surface area contributed by atoms with Gasteiger partial charge in [-0.3, -0.25) is 0 Å². The Bertz CT molecular complexity index is 469. The van der Waals surface area contributed by atoms with Gasteiger partial charge < -0.3 is 4.74 Å². The quantitative estimate of drug-likeness (QED) is 0.739. The molecule has 1 nitrogen and oxygen atoms in total. The van der Waals surface area contributed by atoms with Gasteiger partial charge >= 0.3 is 18.0 Å². The summed E-state index contributed by atoms with van der Waals surface area (Å²) in [6.07, 6.45) is -6.40. The lowest BCUT2D eigenvalue weighted by atomic mass is 10.0. The standard InChI is InChI=1S/C10H6ClF7O/c1-19-7-3-5(2-6(11)4-7)8(12,13)9(14,15)10(16,17)18/h2-4H,1H3. The van der Waals surface area contributed by atoms with Crippen LogP contribution in [0.1, 0.15) is 5.56 Å². The maximum atomic E-state index is 13.3. The van der Waals surface area contributed by atoms with Gasteiger partial charge in [0.05, 0.1) is 7.11 Å². The maximum absolute atomic E-state index is 13.3. The Kier molecular flexibility index (Phi) is 3.96. The highest BCUT2D eigenvalue weighted by atomic mass is 35.5. The molecule has 0 radical (unpaired) electrons. The van der Waals surface area contributed by atoms with Crippen LogP contribution in [0.2, 0.25) is 5.02 Å². The van der Waals surface area contributed by atoms with Crippen LogP contribution in [0.3, 0.4) is 0 Å². The Morgan fingerprint density at radius 2 is 1.47 bits per heavy atom. The zero-order chi connectivity index (χ0) is 15.1. The number of ether oxygens (including phenoxy) is 1. The van der Waals surface area contributed by atoms with E-state index in [0.29, 0.717) is 12.1 Å². The van der Waals surface area contributed by atoms with E-state index < -0.39 is 28.6 Å². The van der Waals surface area contributed by atoms with E-state index in [2.05, 4.69) is 4.74 Å². The zero-order valence-corrected chi connectivity index (χ0v) is 9.92. The van der Waals surface area contributed by atoms with Gasteiger partial charge in [0.2, 0.25) is 0 Å². The molecule has 1 rings (SSSR count). The van der Waals surface area contributed by atoms with Crippen molar-refractivity contribution in [3.63, 3.8) is 0 Å². The van der Waals surface area contributed by atoms with Crippen LogP contribution in [0, 0.1) is 0 Å². The van der Waals surface area contributed by atoms with Gasteiger partial charge in [0, 0.05) is 10.6 Å². The normalized spacial score (nSPS) is 13.5. The third-order valence-electron chi connectivity index (χ3n) is 2.22. The van der Waals surface area contributed by atoms with E-state index in [0.717, 1.165) is 13.2 Å². The van der Waals surface area contributed by atoms with E-state index in [1.165, 1.54) is 0 Å². The molecule has 0 heterocycles. The minimum Gasteiger partial charge on any atom is -0.497 e. The Hall–Kier alpha value is -1.18. The average Bonchev–Trinajstić information content (AvgIpc) is 2.26. The molecule has 0 saturated carbocycles. The monoisotopic (exact) mass is 310 g/mol. The van der Waals surface area contributed by atoms with Gasteiger partial charge in [0.1, 0.15) is 5.75 Å². The highest BCUT2D eigenvalue weighted by Crippen LogP contribution is 2.52. The van der Waals surface area contributed by atoms with E-state index in [-0.39, 0.29) is 5.75 Å². The Labute approximate surface area is 107 Å². The molecule has 9 heteroatoms. The van der Waals surface area contributed by atoms with Crippen molar-refractivity contribution < 1.29 is 35.5 Å². The molecule has 1 aromatic rings. The molecule has 0 atom stereocenters. The first kappa shape index (κ1) is 15.9. The number of hydrogen-bond acceptors (Lipinski definition) is 1. The number of methoxy groups -OCH3 is 1. The molecule has 0 amide bonds. The summed E-state index contributed by atoms with van der Waals surface area (Å²) >= 11 is 5.36. The number of halogens is 8. The van der Waals surface area contributed by atoms with E-state index in [1.54, 1.807) is 0 Å². The van der Waals surface area contributed by atoms with E-state index in [9.17, 15) is 30.7 Å². The minimum atomic E-state index is -6.40. The Balaban J connectivity index is 3.38. The average molecular weight is 311 g/mol. The molecule has 0 aliphatic rings. The largest absolute Gasteiger partial charge is 0.497 e. The predicted octanol–water partition coefficient (Wildman–Crippen LogP) is 4.64. The summed E-state index contributed by atoms with van der Waals surface area (Å²) in [5.41, 5.74) is -1.58. The fraction of sp³-hybridized carbons (Fsp3) is 0.400. The Morgan fingerprint density at radius 1 is 0.947 bits per heavy atom. The van der Waals surface area contributed by atoms with Crippen LogP contribution in [-0.4, -0.2) is 19.2 Å². The highest BCUT2D eigenvalue weighted by Gasteiger charge is 2.73. The van der Waals surface area contributed by atoms with Gasteiger partial charge in [0.25, 0.3) is 0 Å². The zero-order valence-electron chi connectivity index (χ0n) is 9.16. The molecule has 0 fully saturated rings. The summed E-state index contributed by atoms with van der Waals surface area (Å²) in [6.45, 7) is 0. The van der Waals surface area contributed by atoms with Gasteiger partial charge in [0.15, 0.2) is 0 Å². The lowest BCUT2D eigenvalue weighted by molar-refractivity contribution is -0.359. The van der Waals surface area contributed by atoms with Crippen LogP contribution in [0.25, 0.3) is 0 Å². The van der Waals surface area contributed by atoms with Crippen molar-refractivity contribution >= 4 is 11.6 Å². The number of rotatable bonds is 3. The highest BCUT2D eigenvalue weighted by molar-refractivity contribution is 6.30. The number of benzene rings is 1. The smallest absolute Gasteiger partial charge is 0.460 e. The molecule has 19 heavy (non-hydrogen) atoms. The lowest BCUT2D eigenvalue weighted by Gasteiger charge is -2.28. The first-order valence-electron chi connectivity index (χ1n) is 4.61. The van der Waals surface area contributed by atoms with Gasteiger partial charge in [-0.2, -0.15) is 30.7 Å². The van der Waals surface area contributed by atoms with Crippen molar-refractivity contribution in [3.05, 3.63) is 28.8 Å². The molecule has 0 aliphatic heterocycles. The summed E-state index contributed by atoms with van der Waals surface area (Å²) in [7, 11) is 1.02. The molecule has 0 unspecified atom stereocenters. The van der Waals surface area contributed by atoms with Crippen LogP contribution in [0.4, 0.5) is 30.7 Å². The van der Waals surface area contributed by atoms with Crippen molar-refractivity contribution in [1.82, 2.24) is 0 Å². The van der Waals surface area contributed by atoms with Crippen molar-refractivity contribution in [1.29, 1.82) is 0 Å². The van der Waals surface area contributed by atoms with Crippen molar-refractivity contribution in [2.75, 3.05) is 7.11 Å². The summed E-state index contributed by atoms with van der Waals surface area (Å²) in [6, 6.07) is 1.68. The molecule has 1 aromatic carbocycles. The molecule has 0 N–H and O–H groups in total. The first-order valence-corrected chi connectivity index (χ1v) is 4.98. The summed E-state index contributed by atoms with van der Waals surface area (Å²) in [5.74, 6) is -12.1. The molecule has 0 aromatic heterocycles. The fourth-order valence-corrected chi connectivity index (χ4v) is 1.45. The molecule has 0 bridgehead atoms. The SMILES string of the molecule is COc1cc(Cl)cc(C(F)(F)C(F)(F)C(F)(F)F)c1. The second-order valence-electron chi connectivity index (χ2n) is 3.53. The Morgan fingerprint density at radius 3 is 1.89 bits per heavy atom. The van der Waals surface area contributed by atoms with Gasteiger partial charge in [-0.25, -0.2) is 0 Å². The second-order valence-corrected chi connectivity index (χ2v) is 3.96. The molecule has 0 spiro atoms. The molecule has 0 aliphatic carbocycles. The fourth-order valence-electron chi connectivity index (χ4n) is 1.22. The lowest BCUT2D eigenvalue weighted by Crippen LogP contribution is -2.50. The van der Waals surface area contributed by atoms with Gasteiger partial charge in [-0.05, 0) is 18.2 Å². The minimum absolute atomic E-state index is 0.323. The van der Waals surface area contributed by atoms with Gasteiger partial charge in [-0.1, -0.05) is 11.6 Å². The van der Waals surface area contributed by atoms with Crippen molar-refractivity contribution in [2.24, 2.45) is 0 Å². The van der Waals surface area contributed by atoms with E-state index >= 15 is 0 Å². The first-order chi connectivity index (χ1) is 8.43. The molecular formula is C10H6ClF7O. The van der Waals surface area contributed by atoms with Crippen LogP contribution in [-0.2, 0) is 5.92 Å².